The Morgan fingerprint density at radius 2 is 2.24 bits per heavy atom. The molecule has 0 radical (unpaired) electrons. The Balaban J connectivity index is 1.76. The van der Waals surface area contributed by atoms with Gasteiger partial charge in [0.2, 0.25) is 0 Å². The minimum atomic E-state index is 0.306. The molecular weight excluding hydrogens is 262 g/mol. The van der Waals surface area contributed by atoms with Gasteiger partial charge in [0.25, 0.3) is 0 Å². The first kappa shape index (κ1) is 13.7. The van der Waals surface area contributed by atoms with Crippen molar-refractivity contribution in [1.29, 1.82) is 5.26 Å². The molecule has 0 saturated heterocycles. The highest BCUT2D eigenvalue weighted by Gasteiger charge is 2.21. The van der Waals surface area contributed by atoms with E-state index < -0.39 is 0 Å². The zero-order valence-electron chi connectivity index (χ0n) is 12.4. The van der Waals surface area contributed by atoms with Crippen LogP contribution in [0.15, 0.2) is 30.3 Å². The molecule has 1 aliphatic rings. The van der Waals surface area contributed by atoms with Gasteiger partial charge in [0.15, 0.2) is 0 Å². The average Bonchev–Trinajstić information content (AvgIpc) is 2.80. The number of hydrogen-bond acceptors (Lipinski definition) is 3. The highest BCUT2D eigenvalue weighted by Crippen LogP contribution is 2.31. The molecule has 1 atom stereocenters. The Kier molecular flexibility index (Phi) is 3.68. The van der Waals surface area contributed by atoms with Crippen LogP contribution in [0.3, 0.4) is 0 Å². The highest BCUT2D eigenvalue weighted by molar-refractivity contribution is 5.38. The quantitative estimate of drug-likeness (QED) is 0.941. The highest BCUT2D eigenvalue weighted by atomic mass is 16.5. The molecule has 1 N–H and O–H groups in total. The van der Waals surface area contributed by atoms with E-state index in [-0.39, 0.29) is 0 Å². The van der Waals surface area contributed by atoms with Crippen LogP contribution in [-0.4, -0.2) is 11.2 Å². The number of ether oxygens (including phenoxy) is 1. The predicted molar refractivity (Wildman–Crippen MR) is 81.0 cm³/mol. The van der Waals surface area contributed by atoms with Gasteiger partial charge in [-0.05, 0) is 24.6 Å². The van der Waals surface area contributed by atoms with Crippen molar-refractivity contribution in [3.8, 4) is 11.8 Å². The summed E-state index contributed by atoms with van der Waals surface area (Å²) in [5, 5.41) is 12.7. The second-order valence-electron chi connectivity index (χ2n) is 5.42. The molecule has 4 heteroatoms. The second kappa shape index (κ2) is 5.63. The summed E-state index contributed by atoms with van der Waals surface area (Å²) in [6.07, 6.45) is 0.966. The Hall–Kier alpha value is -2.25. The molecule has 2 heterocycles. The van der Waals surface area contributed by atoms with Crippen LogP contribution in [0.1, 0.15) is 35.0 Å². The van der Waals surface area contributed by atoms with Crippen molar-refractivity contribution in [1.82, 2.24) is 9.88 Å². The van der Waals surface area contributed by atoms with Crippen LogP contribution in [0.4, 0.5) is 0 Å². The van der Waals surface area contributed by atoms with Gasteiger partial charge in [0.05, 0.1) is 6.61 Å². The first-order valence-corrected chi connectivity index (χ1v) is 7.21. The van der Waals surface area contributed by atoms with Crippen LogP contribution in [0.25, 0.3) is 0 Å². The number of fused-ring (bicyclic) bond motifs is 1. The second-order valence-corrected chi connectivity index (χ2v) is 5.42. The zero-order valence-corrected chi connectivity index (χ0v) is 12.4. The first-order valence-electron chi connectivity index (χ1n) is 7.21. The summed E-state index contributed by atoms with van der Waals surface area (Å²) >= 11 is 0. The molecule has 4 nitrogen and oxygen atoms in total. The molecule has 108 valence electrons. The molecule has 0 bridgehead atoms. The smallest absolute Gasteiger partial charge is 0.124 e. The molecule has 3 rings (SSSR count). The van der Waals surface area contributed by atoms with E-state index in [1.807, 2.05) is 35.9 Å². The minimum absolute atomic E-state index is 0.306. The number of hydrogen-bond donors (Lipinski definition) is 1. The van der Waals surface area contributed by atoms with Gasteiger partial charge in [-0.2, -0.15) is 5.26 Å². The minimum Gasteiger partial charge on any atom is -0.493 e. The molecule has 0 spiro atoms. The summed E-state index contributed by atoms with van der Waals surface area (Å²) in [5.41, 5.74) is 4.24. The summed E-state index contributed by atoms with van der Waals surface area (Å²) in [7, 11) is 1.93. The van der Waals surface area contributed by atoms with Crippen molar-refractivity contribution in [3.63, 3.8) is 0 Å². The molecule has 21 heavy (non-hydrogen) atoms. The van der Waals surface area contributed by atoms with Crippen LogP contribution >= 0.6 is 0 Å². The predicted octanol–water partition coefficient (Wildman–Crippen LogP) is 2.82. The van der Waals surface area contributed by atoms with E-state index in [1.54, 1.807) is 0 Å². The molecule has 0 unspecified atom stereocenters. The van der Waals surface area contributed by atoms with E-state index >= 15 is 0 Å². The molecule has 2 aromatic rings. The van der Waals surface area contributed by atoms with Crippen LogP contribution < -0.4 is 10.1 Å². The summed E-state index contributed by atoms with van der Waals surface area (Å²) in [4.78, 5) is 0. The van der Waals surface area contributed by atoms with Gasteiger partial charge in [0, 0.05) is 37.3 Å². The number of rotatable bonds is 3. The lowest BCUT2D eigenvalue weighted by Crippen LogP contribution is -2.26. The summed E-state index contributed by atoms with van der Waals surface area (Å²) < 4.78 is 7.62. The lowest BCUT2D eigenvalue weighted by molar-refractivity contribution is 0.252. The maximum atomic E-state index is 9.10. The summed E-state index contributed by atoms with van der Waals surface area (Å²) in [6, 6.07) is 12.7. The normalized spacial score (nSPS) is 16.9. The summed E-state index contributed by atoms with van der Waals surface area (Å²) in [5.74, 6) is 0.976. The topological polar surface area (TPSA) is 50.0 Å². The number of nitrogens with zero attached hydrogens (tertiary/aromatic N) is 2. The monoisotopic (exact) mass is 281 g/mol. The van der Waals surface area contributed by atoms with Crippen molar-refractivity contribution in [2.75, 3.05) is 6.61 Å². The lowest BCUT2D eigenvalue weighted by Gasteiger charge is -2.26. The van der Waals surface area contributed by atoms with Crippen molar-refractivity contribution in [2.24, 2.45) is 7.05 Å². The number of aromatic nitrogens is 1. The van der Waals surface area contributed by atoms with Gasteiger partial charge < -0.3 is 14.6 Å². The Morgan fingerprint density at radius 1 is 1.43 bits per heavy atom. The molecule has 0 aliphatic carbocycles. The van der Waals surface area contributed by atoms with Crippen LogP contribution in [-0.2, 0) is 13.6 Å². The third-order valence-corrected chi connectivity index (χ3v) is 4.25. The fraction of sp³-hybridized carbons (Fsp3) is 0.353. The van der Waals surface area contributed by atoms with Crippen molar-refractivity contribution >= 4 is 0 Å². The van der Waals surface area contributed by atoms with Crippen LogP contribution in [0.2, 0.25) is 0 Å². The van der Waals surface area contributed by atoms with Gasteiger partial charge >= 0.3 is 0 Å². The third-order valence-electron chi connectivity index (χ3n) is 4.25. The van der Waals surface area contributed by atoms with Gasteiger partial charge in [-0.1, -0.05) is 18.2 Å². The first-order chi connectivity index (χ1) is 10.2. The number of nitriles is 1. The Labute approximate surface area is 125 Å². The van der Waals surface area contributed by atoms with Crippen LogP contribution in [0.5, 0.6) is 5.75 Å². The van der Waals surface area contributed by atoms with Gasteiger partial charge in [0.1, 0.15) is 17.5 Å². The van der Waals surface area contributed by atoms with Gasteiger partial charge in [-0.3, -0.25) is 0 Å². The molecule has 0 amide bonds. The van der Waals surface area contributed by atoms with E-state index in [9.17, 15) is 0 Å². The Morgan fingerprint density at radius 3 is 3.00 bits per heavy atom. The molecule has 1 aromatic heterocycles. The maximum Gasteiger partial charge on any atom is 0.124 e. The van der Waals surface area contributed by atoms with E-state index in [2.05, 4.69) is 24.4 Å². The molecule has 1 aromatic carbocycles. The molecule has 0 fully saturated rings. The van der Waals surface area contributed by atoms with E-state index in [1.165, 1.54) is 11.1 Å². The summed E-state index contributed by atoms with van der Waals surface area (Å²) in [6.45, 7) is 3.56. The maximum absolute atomic E-state index is 9.10. The van der Waals surface area contributed by atoms with Crippen molar-refractivity contribution < 1.29 is 4.74 Å². The Bertz CT molecular complexity index is 697. The average molecular weight is 281 g/mol. The number of nitrogens with one attached hydrogen (secondary N) is 1. The third kappa shape index (κ3) is 2.53. The fourth-order valence-electron chi connectivity index (χ4n) is 2.84. The van der Waals surface area contributed by atoms with Crippen LogP contribution in [0, 0.1) is 18.3 Å². The molecule has 0 saturated carbocycles. The van der Waals surface area contributed by atoms with Crippen molar-refractivity contribution in [2.45, 2.75) is 25.9 Å². The van der Waals surface area contributed by atoms with E-state index in [0.717, 1.165) is 31.0 Å². The largest absolute Gasteiger partial charge is 0.493 e. The fourth-order valence-corrected chi connectivity index (χ4v) is 2.84. The zero-order chi connectivity index (χ0) is 14.8. The van der Waals surface area contributed by atoms with Gasteiger partial charge in [-0.25, -0.2) is 0 Å². The molecule has 1 aliphatic heterocycles. The number of benzene rings is 1. The number of para-hydroxylation sites is 1. The standard InChI is InChI=1S/C17H19N3O/c1-12-13(9-14(10-18)20(12)2)11-19-16-7-8-21-17-6-4-3-5-15(16)17/h3-6,9,16,19H,7-8,11H2,1-2H3/t16-/m1/s1. The van der Waals surface area contributed by atoms with E-state index in [0.29, 0.717) is 11.7 Å². The van der Waals surface area contributed by atoms with E-state index in [4.69, 9.17) is 10.00 Å². The lowest BCUT2D eigenvalue weighted by atomic mass is 10.0. The SMILES string of the molecule is Cc1c(CN[C@@H]2CCOc3ccccc32)cc(C#N)n1C. The molecular formula is C17H19N3O. The van der Waals surface area contributed by atoms with Crippen molar-refractivity contribution in [3.05, 3.63) is 52.8 Å². The van der Waals surface area contributed by atoms with Gasteiger partial charge in [-0.15, -0.1) is 0 Å².